The van der Waals surface area contributed by atoms with Gasteiger partial charge in [-0.1, -0.05) is 36.6 Å². The van der Waals surface area contributed by atoms with Crippen molar-refractivity contribution >= 4 is 17.5 Å². The average Bonchev–Trinajstić information content (AvgIpc) is 3.22. The minimum atomic E-state index is 0.235. The van der Waals surface area contributed by atoms with Gasteiger partial charge in [0.25, 0.3) is 0 Å². The zero-order valence-electron chi connectivity index (χ0n) is 16.6. The topological polar surface area (TPSA) is 32.3 Å². The van der Waals surface area contributed by atoms with Crippen LogP contribution in [0.2, 0.25) is 5.02 Å². The highest BCUT2D eigenvalue weighted by atomic mass is 35.5. The van der Waals surface area contributed by atoms with Crippen LogP contribution in [0.4, 0.5) is 0 Å². The summed E-state index contributed by atoms with van der Waals surface area (Å²) in [5.41, 5.74) is 1.75. The lowest BCUT2D eigenvalue weighted by molar-refractivity contribution is -0.122. The SMILES string of the molecule is CC1(N2CCC(C(CC(=O)NC3CCCC3)c3ccc(Cl)cc3)CC2)CC1. The molecule has 0 spiro atoms. The Morgan fingerprint density at radius 3 is 2.37 bits per heavy atom. The van der Waals surface area contributed by atoms with Gasteiger partial charge in [0, 0.05) is 23.0 Å². The van der Waals surface area contributed by atoms with Crippen molar-refractivity contribution in [3.8, 4) is 0 Å². The Kier molecular flexibility index (Phi) is 5.80. The Morgan fingerprint density at radius 1 is 1.15 bits per heavy atom. The Balaban J connectivity index is 1.42. The zero-order chi connectivity index (χ0) is 18.9. The first-order valence-electron chi connectivity index (χ1n) is 10.8. The lowest BCUT2D eigenvalue weighted by Gasteiger charge is -2.39. The number of carbonyl (C=O) groups excluding carboxylic acids is 1. The predicted molar refractivity (Wildman–Crippen MR) is 111 cm³/mol. The lowest BCUT2D eigenvalue weighted by atomic mass is 9.77. The van der Waals surface area contributed by atoms with Gasteiger partial charge in [0.2, 0.25) is 5.91 Å². The zero-order valence-corrected chi connectivity index (χ0v) is 17.3. The number of benzene rings is 1. The van der Waals surface area contributed by atoms with Gasteiger partial charge in [0.1, 0.15) is 0 Å². The number of halogens is 1. The molecule has 4 rings (SSSR count). The number of piperidine rings is 1. The fourth-order valence-electron chi connectivity index (χ4n) is 5.16. The van der Waals surface area contributed by atoms with Crippen molar-refractivity contribution in [2.45, 2.75) is 82.2 Å². The summed E-state index contributed by atoms with van der Waals surface area (Å²) in [6.07, 6.45) is 10.5. The van der Waals surface area contributed by atoms with Crippen molar-refractivity contribution < 1.29 is 4.79 Å². The largest absolute Gasteiger partial charge is 0.353 e. The van der Waals surface area contributed by atoms with E-state index in [1.54, 1.807) is 0 Å². The van der Waals surface area contributed by atoms with Crippen LogP contribution in [0.15, 0.2) is 24.3 Å². The molecule has 1 aliphatic heterocycles. The normalized spacial score (nSPS) is 24.7. The number of amides is 1. The van der Waals surface area contributed by atoms with Crippen LogP contribution in [0, 0.1) is 5.92 Å². The second kappa shape index (κ2) is 8.13. The molecule has 0 bridgehead atoms. The number of hydrogen-bond donors (Lipinski definition) is 1. The van der Waals surface area contributed by atoms with Crippen LogP contribution in [0.5, 0.6) is 0 Å². The van der Waals surface area contributed by atoms with Gasteiger partial charge < -0.3 is 5.32 Å². The third kappa shape index (κ3) is 4.68. The molecule has 3 aliphatic rings. The van der Waals surface area contributed by atoms with Crippen molar-refractivity contribution in [2.24, 2.45) is 5.92 Å². The van der Waals surface area contributed by atoms with Gasteiger partial charge in [0.05, 0.1) is 0 Å². The van der Waals surface area contributed by atoms with Crippen LogP contribution in [0.1, 0.15) is 76.2 Å². The first kappa shape index (κ1) is 19.3. The monoisotopic (exact) mass is 388 g/mol. The third-order valence-electron chi connectivity index (χ3n) is 7.27. The van der Waals surface area contributed by atoms with Crippen LogP contribution in [0.3, 0.4) is 0 Å². The minimum absolute atomic E-state index is 0.235. The van der Waals surface area contributed by atoms with Crippen LogP contribution in [-0.2, 0) is 4.79 Å². The minimum Gasteiger partial charge on any atom is -0.353 e. The smallest absolute Gasteiger partial charge is 0.220 e. The summed E-state index contributed by atoms with van der Waals surface area (Å²) in [4.78, 5) is 15.5. The van der Waals surface area contributed by atoms with Crippen molar-refractivity contribution in [2.75, 3.05) is 13.1 Å². The number of nitrogens with one attached hydrogen (secondary N) is 1. The molecule has 1 atom stereocenters. The maximum Gasteiger partial charge on any atom is 0.220 e. The van der Waals surface area contributed by atoms with Crippen molar-refractivity contribution in [3.63, 3.8) is 0 Å². The second-order valence-electron chi connectivity index (χ2n) is 9.23. The Bertz CT molecular complexity index is 641. The average molecular weight is 389 g/mol. The summed E-state index contributed by atoms with van der Waals surface area (Å²) in [7, 11) is 0. The maximum absolute atomic E-state index is 12.8. The fourth-order valence-corrected chi connectivity index (χ4v) is 5.29. The van der Waals surface area contributed by atoms with E-state index >= 15 is 0 Å². The first-order valence-corrected chi connectivity index (χ1v) is 11.2. The van der Waals surface area contributed by atoms with E-state index in [2.05, 4.69) is 29.3 Å². The Labute approximate surface area is 168 Å². The number of carbonyl (C=O) groups is 1. The van der Waals surface area contributed by atoms with E-state index in [1.165, 1.54) is 57.2 Å². The first-order chi connectivity index (χ1) is 13.0. The summed E-state index contributed by atoms with van der Waals surface area (Å²) < 4.78 is 0. The molecule has 1 aromatic rings. The molecule has 4 heteroatoms. The van der Waals surface area contributed by atoms with Crippen molar-refractivity contribution in [1.29, 1.82) is 0 Å². The summed E-state index contributed by atoms with van der Waals surface area (Å²) in [6.45, 7) is 4.75. The molecule has 1 aromatic carbocycles. The van der Waals surface area contributed by atoms with Crippen molar-refractivity contribution in [3.05, 3.63) is 34.9 Å². The van der Waals surface area contributed by atoms with Gasteiger partial charge in [0.15, 0.2) is 0 Å². The number of nitrogens with zero attached hydrogens (tertiary/aromatic N) is 1. The highest BCUT2D eigenvalue weighted by Crippen LogP contribution is 2.45. The molecule has 1 saturated heterocycles. The molecular weight excluding hydrogens is 356 g/mol. The van der Waals surface area contributed by atoms with Crippen molar-refractivity contribution in [1.82, 2.24) is 10.2 Å². The molecule has 0 radical (unpaired) electrons. The van der Waals surface area contributed by atoms with Gasteiger partial charge in [-0.3, -0.25) is 9.69 Å². The molecule has 148 valence electrons. The maximum atomic E-state index is 12.8. The quantitative estimate of drug-likeness (QED) is 0.731. The van der Waals surface area contributed by atoms with Gasteiger partial charge >= 0.3 is 0 Å². The number of rotatable bonds is 6. The van der Waals surface area contributed by atoms with E-state index in [-0.39, 0.29) is 5.91 Å². The highest BCUT2D eigenvalue weighted by molar-refractivity contribution is 6.30. The molecule has 1 unspecified atom stereocenters. The molecule has 3 fully saturated rings. The van der Waals surface area contributed by atoms with Gasteiger partial charge in [-0.2, -0.15) is 0 Å². The molecule has 2 aliphatic carbocycles. The Morgan fingerprint density at radius 2 is 1.78 bits per heavy atom. The summed E-state index contributed by atoms with van der Waals surface area (Å²) in [6, 6.07) is 8.60. The van der Waals surface area contributed by atoms with Gasteiger partial charge in [-0.05, 0) is 88.1 Å². The molecular formula is C23H33ClN2O. The van der Waals surface area contributed by atoms with Crippen LogP contribution < -0.4 is 5.32 Å². The molecule has 1 heterocycles. The van der Waals surface area contributed by atoms with E-state index in [9.17, 15) is 4.79 Å². The Hall–Kier alpha value is -1.06. The molecule has 27 heavy (non-hydrogen) atoms. The third-order valence-corrected chi connectivity index (χ3v) is 7.52. The van der Waals surface area contributed by atoms with Gasteiger partial charge in [-0.25, -0.2) is 0 Å². The molecule has 3 nitrogen and oxygen atoms in total. The molecule has 2 saturated carbocycles. The predicted octanol–water partition coefficient (Wildman–Crippen LogP) is 5.14. The summed E-state index contributed by atoms with van der Waals surface area (Å²) in [5, 5.41) is 4.07. The number of likely N-dealkylation sites (tertiary alicyclic amines) is 1. The van der Waals surface area contributed by atoms with Crippen LogP contribution in [0.25, 0.3) is 0 Å². The lowest BCUT2D eigenvalue weighted by Crippen LogP contribution is -2.43. The molecule has 1 amide bonds. The van der Waals surface area contributed by atoms with Crippen LogP contribution >= 0.6 is 11.6 Å². The second-order valence-corrected chi connectivity index (χ2v) is 9.67. The standard InChI is InChI=1S/C23H33ClN2O/c1-23(12-13-23)26-14-10-18(11-15-26)21(17-6-8-19(24)9-7-17)16-22(27)25-20-4-2-3-5-20/h6-9,18,20-21H,2-5,10-16H2,1H3,(H,25,27). The van der Waals surface area contributed by atoms with Crippen LogP contribution in [-0.4, -0.2) is 35.5 Å². The molecule has 0 aromatic heterocycles. The summed E-state index contributed by atoms with van der Waals surface area (Å²) in [5.74, 6) is 1.12. The summed E-state index contributed by atoms with van der Waals surface area (Å²) >= 11 is 6.11. The number of hydrogen-bond acceptors (Lipinski definition) is 2. The fraction of sp³-hybridized carbons (Fsp3) is 0.696. The van der Waals surface area contributed by atoms with E-state index in [0.717, 1.165) is 17.9 Å². The van der Waals surface area contributed by atoms with E-state index < -0.39 is 0 Å². The van der Waals surface area contributed by atoms with E-state index in [4.69, 9.17) is 11.6 Å². The highest BCUT2D eigenvalue weighted by Gasteiger charge is 2.44. The van der Waals surface area contributed by atoms with E-state index in [0.29, 0.717) is 29.8 Å². The molecule has 1 N–H and O–H groups in total. The van der Waals surface area contributed by atoms with E-state index in [1.807, 2.05) is 12.1 Å². The van der Waals surface area contributed by atoms with Gasteiger partial charge in [-0.15, -0.1) is 0 Å².